The Morgan fingerprint density at radius 1 is 1.32 bits per heavy atom. The van der Waals surface area contributed by atoms with E-state index in [9.17, 15) is 9.59 Å². The van der Waals surface area contributed by atoms with E-state index in [0.717, 1.165) is 36.1 Å². The minimum absolute atomic E-state index is 0.274. The maximum Gasteiger partial charge on any atom is 0.341 e. The van der Waals surface area contributed by atoms with Crippen LogP contribution >= 0.6 is 22.9 Å². The Morgan fingerprint density at radius 2 is 2.08 bits per heavy atom. The number of ether oxygens (including phenoxy) is 1. The summed E-state index contributed by atoms with van der Waals surface area (Å²) < 4.78 is 5.25. The van der Waals surface area contributed by atoms with Gasteiger partial charge in [0.05, 0.1) is 17.9 Å². The number of esters is 1. The summed E-state index contributed by atoms with van der Waals surface area (Å²) >= 11 is 7.50. The minimum atomic E-state index is -0.661. The van der Waals surface area contributed by atoms with Gasteiger partial charge in [0.2, 0.25) is 0 Å². The van der Waals surface area contributed by atoms with Crippen molar-refractivity contribution in [3.05, 3.63) is 45.3 Å². The van der Waals surface area contributed by atoms with Gasteiger partial charge in [-0.25, -0.2) is 9.59 Å². The number of hydrogen-bond donors (Lipinski definition) is 1. The summed E-state index contributed by atoms with van der Waals surface area (Å²) in [5.74, 6) is -0.412. The van der Waals surface area contributed by atoms with Crippen LogP contribution in [0.2, 0.25) is 5.02 Å². The van der Waals surface area contributed by atoms with Crippen LogP contribution in [-0.2, 0) is 17.6 Å². The highest BCUT2D eigenvalue weighted by molar-refractivity contribution is 7.17. The molecular weight excluding hydrogens is 360 g/mol. The lowest BCUT2D eigenvalue weighted by Crippen LogP contribution is -2.32. The molecule has 0 aliphatic heterocycles. The van der Waals surface area contributed by atoms with Gasteiger partial charge in [-0.05, 0) is 56.4 Å². The second-order valence-electron chi connectivity index (χ2n) is 5.77. The van der Waals surface area contributed by atoms with E-state index >= 15 is 0 Å². The molecule has 0 atom stereocenters. The van der Waals surface area contributed by atoms with E-state index in [4.69, 9.17) is 22.1 Å². The molecule has 2 N–H and O–H groups in total. The Labute approximate surface area is 155 Å². The summed E-state index contributed by atoms with van der Waals surface area (Å²) in [5, 5.41) is 1.00. The number of thiophene rings is 1. The SMILES string of the molecule is CCOC(=O)c1c(N(C(N)=O)c2cccc(Cl)c2)sc2c1CCCC2. The Kier molecular flexibility index (Phi) is 5.30. The van der Waals surface area contributed by atoms with Crippen molar-refractivity contribution in [1.82, 2.24) is 0 Å². The molecule has 1 heterocycles. The van der Waals surface area contributed by atoms with E-state index in [1.54, 1.807) is 31.2 Å². The van der Waals surface area contributed by atoms with Crippen molar-refractivity contribution in [1.29, 1.82) is 0 Å². The standard InChI is InChI=1S/C18H19ClN2O3S/c1-2-24-17(22)15-13-8-3-4-9-14(13)25-16(15)21(18(20)23)12-7-5-6-11(19)10-12/h5-7,10H,2-4,8-9H2,1H3,(H2,20,23). The molecule has 1 aliphatic carbocycles. The van der Waals surface area contributed by atoms with Crippen LogP contribution in [0.25, 0.3) is 0 Å². The Hall–Kier alpha value is -2.05. The molecule has 0 saturated carbocycles. The number of benzene rings is 1. The van der Waals surface area contributed by atoms with Crippen molar-refractivity contribution in [2.24, 2.45) is 5.73 Å². The number of urea groups is 1. The first-order valence-corrected chi connectivity index (χ1v) is 9.39. The zero-order valence-electron chi connectivity index (χ0n) is 13.9. The van der Waals surface area contributed by atoms with Crippen LogP contribution in [0.1, 0.15) is 40.6 Å². The van der Waals surface area contributed by atoms with Gasteiger partial charge < -0.3 is 10.5 Å². The molecular formula is C18H19ClN2O3S. The molecule has 0 spiro atoms. The minimum Gasteiger partial charge on any atom is -0.462 e. The van der Waals surface area contributed by atoms with Gasteiger partial charge in [0.15, 0.2) is 0 Å². The number of aryl methyl sites for hydroxylation is 1. The van der Waals surface area contributed by atoms with Gasteiger partial charge in [0, 0.05) is 9.90 Å². The first kappa shape index (κ1) is 17.8. The molecule has 3 rings (SSSR count). The molecule has 1 aliphatic rings. The zero-order chi connectivity index (χ0) is 18.0. The average Bonchev–Trinajstić information content (AvgIpc) is 2.93. The number of anilines is 2. The fourth-order valence-electron chi connectivity index (χ4n) is 3.08. The molecule has 2 amide bonds. The Bertz CT molecular complexity index is 819. The summed E-state index contributed by atoms with van der Waals surface area (Å²) in [6.07, 6.45) is 3.79. The fourth-order valence-corrected chi connectivity index (χ4v) is 4.67. The van der Waals surface area contributed by atoms with Crippen molar-refractivity contribution < 1.29 is 14.3 Å². The number of hydrogen-bond acceptors (Lipinski definition) is 4. The van der Waals surface area contributed by atoms with E-state index in [1.165, 1.54) is 16.2 Å². The molecule has 7 heteroatoms. The molecule has 0 unspecified atom stereocenters. The predicted molar refractivity (Wildman–Crippen MR) is 100 cm³/mol. The summed E-state index contributed by atoms with van der Waals surface area (Å²) in [7, 11) is 0. The Balaban J connectivity index is 2.17. The number of carbonyl (C=O) groups excluding carboxylic acids is 2. The highest BCUT2D eigenvalue weighted by Gasteiger charge is 2.31. The van der Waals surface area contributed by atoms with E-state index < -0.39 is 12.0 Å². The summed E-state index contributed by atoms with van der Waals surface area (Å²) in [6, 6.07) is 6.19. The smallest absolute Gasteiger partial charge is 0.341 e. The first-order valence-electron chi connectivity index (χ1n) is 8.19. The highest BCUT2D eigenvalue weighted by atomic mass is 35.5. The van der Waals surface area contributed by atoms with Crippen molar-refractivity contribution >= 4 is 45.6 Å². The molecule has 1 aromatic heterocycles. The number of primary amides is 1. The van der Waals surface area contributed by atoms with E-state index in [1.807, 2.05) is 0 Å². The monoisotopic (exact) mass is 378 g/mol. The third-order valence-electron chi connectivity index (χ3n) is 4.12. The maximum absolute atomic E-state index is 12.6. The van der Waals surface area contributed by atoms with Crippen molar-refractivity contribution in [2.45, 2.75) is 32.6 Å². The normalized spacial score (nSPS) is 13.2. The number of nitrogens with zero attached hydrogens (tertiary/aromatic N) is 1. The van der Waals surface area contributed by atoms with Gasteiger partial charge in [-0.3, -0.25) is 4.90 Å². The van der Waals surface area contributed by atoms with Gasteiger partial charge in [-0.1, -0.05) is 17.7 Å². The van der Waals surface area contributed by atoms with Crippen LogP contribution < -0.4 is 10.6 Å². The lowest BCUT2D eigenvalue weighted by molar-refractivity contribution is 0.0526. The molecule has 1 aromatic carbocycles. The summed E-state index contributed by atoms with van der Waals surface area (Å²) in [6.45, 7) is 2.04. The van der Waals surface area contributed by atoms with Crippen LogP contribution in [0, 0.1) is 0 Å². The molecule has 0 radical (unpaired) electrons. The zero-order valence-corrected chi connectivity index (χ0v) is 15.5. The third kappa shape index (κ3) is 3.50. The lowest BCUT2D eigenvalue weighted by atomic mass is 9.95. The fraction of sp³-hybridized carbons (Fsp3) is 0.333. The molecule has 132 valence electrons. The third-order valence-corrected chi connectivity index (χ3v) is 5.63. The van der Waals surface area contributed by atoms with Crippen LogP contribution in [-0.4, -0.2) is 18.6 Å². The molecule has 25 heavy (non-hydrogen) atoms. The number of nitrogens with two attached hydrogens (primary N) is 1. The topological polar surface area (TPSA) is 72.6 Å². The van der Waals surface area contributed by atoms with Crippen LogP contribution in [0.15, 0.2) is 24.3 Å². The van der Waals surface area contributed by atoms with Gasteiger partial charge in [0.1, 0.15) is 5.00 Å². The van der Waals surface area contributed by atoms with Crippen molar-refractivity contribution in [3.63, 3.8) is 0 Å². The maximum atomic E-state index is 12.6. The number of halogens is 1. The quantitative estimate of drug-likeness (QED) is 0.785. The number of rotatable bonds is 4. The second-order valence-corrected chi connectivity index (χ2v) is 7.29. The number of carbonyl (C=O) groups is 2. The number of amides is 2. The average molecular weight is 379 g/mol. The van der Waals surface area contributed by atoms with Crippen molar-refractivity contribution in [2.75, 3.05) is 11.5 Å². The molecule has 0 fully saturated rings. The van der Waals surface area contributed by atoms with E-state index in [-0.39, 0.29) is 6.61 Å². The van der Waals surface area contributed by atoms with Crippen molar-refractivity contribution in [3.8, 4) is 0 Å². The highest BCUT2D eigenvalue weighted by Crippen LogP contribution is 2.43. The molecule has 2 aromatic rings. The second kappa shape index (κ2) is 7.45. The largest absolute Gasteiger partial charge is 0.462 e. The van der Waals surface area contributed by atoms with Gasteiger partial charge in [-0.2, -0.15) is 0 Å². The predicted octanol–water partition coefficient (Wildman–Crippen LogP) is 4.67. The molecule has 0 saturated heterocycles. The van der Waals surface area contributed by atoms with Gasteiger partial charge >= 0.3 is 12.0 Å². The van der Waals surface area contributed by atoms with Crippen LogP contribution in [0.3, 0.4) is 0 Å². The van der Waals surface area contributed by atoms with Gasteiger partial charge in [0.25, 0.3) is 0 Å². The Morgan fingerprint density at radius 3 is 2.76 bits per heavy atom. The molecule has 0 bridgehead atoms. The molecule has 5 nitrogen and oxygen atoms in total. The van der Waals surface area contributed by atoms with Crippen LogP contribution in [0.4, 0.5) is 15.5 Å². The summed E-state index contributed by atoms with van der Waals surface area (Å²) in [5.41, 5.74) is 7.62. The summed E-state index contributed by atoms with van der Waals surface area (Å²) in [4.78, 5) is 27.3. The first-order chi connectivity index (χ1) is 12.0. The lowest BCUT2D eigenvalue weighted by Gasteiger charge is -2.20. The van der Waals surface area contributed by atoms with Crippen LogP contribution in [0.5, 0.6) is 0 Å². The van der Waals surface area contributed by atoms with E-state index in [2.05, 4.69) is 0 Å². The number of fused-ring (bicyclic) bond motifs is 1. The van der Waals surface area contributed by atoms with Gasteiger partial charge in [-0.15, -0.1) is 11.3 Å². The van der Waals surface area contributed by atoms with E-state index in [0.29, 0.717) is 21.3 Å².